The fourth-order valence-electron chi connectivity index (χ4n) is 7.51. The zero-order chi connectivity index (χ0) is 39.8. The minimum atomic E-state index is -1.06. The smallest absolute Gasteiger partial charge is 0.303 e. The van der Waals surface area contributed by atoms with E-state index in [1.807, 2.05) is 6.92 Å². The van der Waals surface area contributed by atoms with Gasteiger partial charge in [-0.1, -0.05) is 136 Å². The summed E-state index contributed by atoms with van der Waals surface area (Å²) in [7, 11) is 2.15. The van der Waals surface area contributed by atoms with Gasteiger partial charge in [-0.3, -0.25) is 14.4 Å². The van der Waals surface area contributed by atoms with E-state index in [-0.39, 0.29) is 0 Å². The molecule has 0 bridgehead atoms. The lowest BCUT2D eigenvalue weighted by Gasteiger charge is -2.44. The van der Waals surface area contributed by atoms with Crippen molar-refractivity contribution in [3.8, 4) is 0 Å². The highest BCUT2D eigenvalue weighted by molar-refractivity contribution is 5.68. The van der Waals surface area contributed by atoms with E-state index in [4.69, 9.17) is 23.7 Å². The van der Waals surface area contributed by atoms with Crippen LogP contribution in [0.25, 0.3) is 0 Å². The third-order valence-electron chi connectivity index (χ3n) is 10.5. The Labute approximate surface area is 331 Å². The monoisotopic (exact) mass is 769 g/mol. The predicted molar refractivity (Wildman–Crippen MR) is 218 cm³/mol. The summed E-state index contributed by atoms with van der Waals surface area (Å²) in [4.78, 5) is 41.0. The maximum atomic E-state index is 12.0. The molecule has 1 heterocycles. The number of esters is 3. The van der Waals surface area contributed by atoms with Gasteiger partial charge in [-0.15, -0.1) is 0 Å². The van der Waals surface area contributed by atoms with Gasteiger partial charge in [-0.2, -0.15) is 0 Å². The van der Waals surface area contributed by atoms with Crippen LogP contribution in [0.1, 0.15) is 189 Å². The van der Waals surface area contributed by atoms with E-state index in [0.29, 0.717) is 13.0 Å². The number of hydrogen-bond donors (Lipinski definition) is 0. The van der Waals surface area contributed by atoms with Crippen LogP contribution in [-0.2, 0) is 38.1 Å². The molecule has 318 valence electrons. The van der Waals surface area contributed by atoms with Crippen LogP contribution in [0, 0.1) is 0 Å². The summed E-state index contributed by atoms with van der Waals surface area (Å²) < 4.78 is 28.8. The maximum Gasteiger partial charge on any atom is 0.303 e. The Kier molecular flexibility index (Phi) is 31.1. The van der Waals surface area contributed by atoms with Crippen LogP contribution in [0.3, 0.4) is 0 Å². The molecule has 0 aromatic heterocycles. The first kappa shape index (κ1) is 50.3. The molecule has 1 rings (SSSR count). The Bertz CT molecular complexity index is 912. The maximum absolute atomic E-state index is 12.0. The average molecular weight is 769 g/mol. The highest BCUT2D eigenvalue weighted by Crippen LogP contribution is 2.31. The fraction of sp³-hybridized carbons (Fsp3) is 0.932. The molecule has 0 radical (unpaired) electrons. The van der Waals surface area contributed by atoms with Gasteiger partial charge >= 0.3 is 17.9 Å². The molecule has 5 atom stereocenters. The van der Waals surface area contributed by atoms with Crippen LogP contribution in [-0.4, -0.2) is 105 Å². The second-order valence-electron chi connectivity index (χ2n) is 15.8. The molecule has 10 nitrogen and oxygen atoms in total. The Balaban J connectivity index is 2.54. The summed E-state index contributed by atoms with van der Waals surface area (Å²) in [5.41, 5.74) is 0. The molecule has 0 spiro atoms. The van der Waals surface area contributed by atoms with Gasteiger partial charge in [0, 0.05) is 27.3 Å². The largest absolute Gasteiger partial charge is 0.456 e. The molecule has 0 saturated carbocycles. The third-order valence-corrected chi connectivity index (χ3v) is 10.5. The molecule has 1 fully saturated rings. The van der Waals surface area contributed by atoms with Crippen molar-refractivity contribution in [3.63, 3.8) is 0 Å². The highest BCUT2D eigenvalue weighted by Gasteiger charge is 2.51. The number of unbranched alkanes of at least 4 members (excludes halogenated alkanes) is 18. The summed E-state index contributed by atoms with van der Waals surface area (Å²) in [5.74, 6) is -1.68. The highest BCUT2D eigenvalue weighted by atomic mass is 16.7. The molecule has 0 aliphatic carbocycles. The van der Waals surface area contributed by atoms with Crippen molar-refractivity contribution < 1.29 is 38.1 Å². The standard InChI is InChI=1S/C44H84N2O8/c1-8-11-13-15-17-19-21-23-25-27-33-46(34-28-26-24-22-20-18-16-14-12-9-2)35-29-31-45(7)32-30-36-50-44-43(53-39(6)49)42(52-38(5)48)41(51-37(4)47)40(10-3)54-44/h40-44H,8-36H2,1-7H3. The minimum absolute atomic E-state index is 0.373. The first-order valence-electron chi connectivity index (χ1n) is 22.3. The number of ether oxygens (including phenoxy) is 5. The zero-order valence-electron chi connectivity index (χ0n) is 36.1. The van der Waals surface area contributed by atoms with Gasteiger partial charge in [0.15, 0.2) is 24.6 Å². The van der Waals surface area contributed by atoms with Gasteiger partial charge in [0.05, 0.1) is 6.61 Å². The van der Waals surface area contributed by atoms with Crippen molar-refractivity contribution >= 4 is 17.9 Å². The van der Waals surface area contributed by atoms with E-state index in [0.717, 1.165) is 32.5 Å². The summed E-state index contributed by atoms with van der Waals surface area (Å²) in [6, 6.07) is 0. The molecule has 1 aliphatic heterocycles. The Morgan fingerprint density at radius 3 is 1.31 bits per heavy atom. The lowest BCUT2D eigenvalue weighted by molar-refractivity contribution is -0.304. The van der Waals surface area contributed by atoms with Crippen molar-refractivity contribution in [1.82, 2.24) is 9.80 Å². The Morgan fingerprint density at radius 2 is 0.870 bits per heavy atom. The summed E-state index contributed by atoms with van der Waals surface area (Å²) in [6.07, 6.45) is 25.3. The summed E-state index contributed by atoms with van der Waals surface area (Å²) >= 11 is 0. The first-order valence-corrected chi connectivity index (χ1v) is 22.3. The van der Waals surface area contributed by atoms with Gasteiger partial charge in [0.25, 0.3) is 0 Å². The molecule has 10 heteroatoms. The molecule has 0 aromatic rings. The Hall–Kier alpha value is -1.75. The van der Waals surface area contributed by atoms with Crippen molar-refractivity contribution in [2.24, 2.45) is 0 Å². The number of carbonyl (C=O) groups is 3. The molecule has 54 heavy (non-hydrogen) atoms. The van der Waals surface area contributed by atoms with E-state index in [2.05, 4.69) is 30.7 Å². The van der Waals surface area contributed by atoms with Crippen molar-refractivity contribution in [1.29, 1.82) is 0 Å². The normalized spacial score (nSPS) is 20.1. The van der Waals surface area contributed by atoms with Crippen LogP contribution in [0.15, 0.2) is 0 Å². The molecule has 1 aliphatic rings. The average Bonchev–Trinajstić information content (AvgIpc) is 3.12. The van der Waals surface area contributed by atoms with Gasteiger partial charge in [-0.05, 0) is 65.3 Å². The summed E-state index contributed by atoms with van der Waals surface area (Å²) in [5, 5.41) is 0. The minimum Gasteiger partial charge on any atom is -0.456 e. The molecule has 0 amide bonds. The first-order chi connectivity index (χ1) is 26.1. The molecule has 0 aromatic carbocycles. The summed E-state index contributed by atoms with van der Waals surface area (Å²) in [6.45, 7) is 16.1. The van der Waals surface area contributed by atoms with Gasteiger partial charge in [0.2, 0.25) is 0 Å². The predicted octanol–water partition coefficient (Wildman–Crippen LogP) is 9.79. The molecular formula is C44H84N2O8. The van der Waals surface area contributed by atoms with E-state index in [1.165, 1.54) is 162 Å². The number of carbonyl (C=O) groups excluding carboxylic acids is 3. The molecule has 0 N–H and O–H groups in total. The van der Waals surface area contributed by atoms with Crippen LogP contribution in [0.2, 0.25) is 0 Å². The zero-order valence-corrected chi connectivity index (χ0v) is 36.1. The second kappa shape index (κ2) is 33.4. The topological polar surface area (TPSA) is 104 Å². The van der Waals surface area contributed by atoms with E-state index >= 15 is 0 Å². The number of nitrogens with zero attached hydrogens (tertiary/aromatic N) is 2. The molecule has 5 unspecified atom stereocenters. The lowest BCUT2D eigenvalue weighted by atomic mass is 9.96. The second-order valence-corrected chi connectivity index (χ2v) is 15.8. The van der Waals surface area contributed by atoms with Gasteiger partial charge in [-0.25, -0.2) is 0 Å². The van der Waals surface area contributed by atoms with E-state index in [1.54, 1.807) is 0 Å². The van der Waals surface area contributed by atoms with Crippen molar-refractivity contribution in [2.45, 2.75) is 220 Å². The van der Waals surface area contributed by atoms with Gasteiger partial charge < -0.3 is 33.5 Å². The third kappa shape index (κ3) is 25.4. The van der Waals surface area contributed by atoms with E-state index in [9.17, 15) is 14.4 Å². The van der Waals surface area contributed by atoms with Crippen LogP contribution < -0.4 is 0 Å². The van der Waals surface area contributed by atoms with E-state index < -0.39 is 48.6 Å². The quantitative estimate of drug-likeness (QED) is 0.0352. The van der Waals surface area contributed by atoms with Crippen LogP contribution in [0.5, 0.6) is 0 Å². The SMILES string of the molecule is CCCCCCCCCCCCN(CCCCCCCCCCCC)CCCN(C)CCCOC1OC(CC)C(OC(C)=O)C(OC(C)=O)C1OC(C)=O. The molecular weight excluding hydrogens is 684 g/mol. The number of rotatable bonds is 35. The van der Waals surface area contributed by atoms with Crippen LogP contribution >= 0.6 is 0 Å². The number of hydrogen-bond acceptors (Lipinski definition) is 10. The lowest BCUT2D eigenvalue weighted by Crippen LogP contribution is -2.61. The van der Waals surface area contributed by atoms with Crippen molar-refractivity contribution in [3.05, 3.63) is 0 Å². The molecule has 1 saturated heterocycles. The fourth-order valence-corrected chi connectivity index (χ4v) is 7.51. The van der Waals surface area contributed by atoms with Gasteiger partial charge in [0.1, 0.15) is 6.10 Å². The van der Waals surface area contributed by atoms with Crippen molar-refractivity contribution in [2.75, 3.05) is 46.4 Å². The van der Waals surface area contributed by atoms with Crippen LogP contribution in [0.4, 0.5) is 0 Å². The Morgan fingerprint density at radius 1 is 0.481 bits per heavy atom.